The van der Waals surface area contributed by atoms with E-state index in [4.69, 9.17) is 0 Å². The fourth-order valence-electron chi connectivity index (χ4n) is 1.45. The third-order valence-electron chi connectivity index (χ3n) is 2.31. The molecule has 0 aromatic carbocycles. The van der Waals surface area contributed by atoms with Crippen molar-refractivity contribution >= 4 is 5.82 Å². The van der Waals surface area contributed by atoms with Gasteiger partial charge in [0.05, 0.1) is 0 Å². The Balaban J connectivity index is 2.45. The molecule has 0 amide bonds. The standard InChI is InChI=1S/C11H20N4O2/c1-9(5-13-11(2,3)4)6-14-7-10(12-8-14)15(16)17/h7-9,13H,5-6H2,1-4H3. The molecule has 1 aromatic heterocycles. The van der Waals surface area contributed by atoms with Crippen LogP contribution in [-0.2, 0) is 6.54 Å². The Kier molecular flexibility index (Phi) is 4.22. The molecular formula is C11H20N4O2. The molecule has 1 rings (SSSR count). The van der Waals surface area contributed by atoms with Crippen molar-refractivity contribution in [3.63, 3.8) is 0 Å². The minimum Gasteiger partial charge on any atom is -0.358 e. The van der Waals surface area contributed by atoms with E-state index in [1.165, 1.54) is 12.5 Å². The number of imidazole rings is 1. The summed E-state index contributed by atoms with van der Waals surface area (Å²) >= 11 is 0. The molecule has 6 nitrogen and oxygen atoms in total. The molecule has 1 unspecified atom stereocenters. The lowest BCUT2D eigenvalue weighted by Gasteiger charge is -2.23. The Labute approximate surface area is 101 Å². The molecule has 0 aliphatic heterocycles. The zero-order valence-corrected chi connectivity index (χ0v) is 10.8. The summed E-state index contributed by atoms with van der Waals surface area (Å²) in [5.41, 5.74) is 0.0925. The SMILES string of the molecule is CC(CNC(C)(C)C)Cn1cnc([N+](=O)[O-])c1. The first kappa shape index (κ1) is 13.6. The number of nitrogens with zero attached hydrogens (tertiary/aromatic N) is 3. The van der Waals surface area contributed by atoms with Crippen LogP contribution < -0.4 is 5.32 Å². The molecule has 1 heterocycles. The molecule has 0 bridgehead atoms. The van der Waals surface area contributed by atoms with E-state index < -0.39 is 4.92 Å². The summed E-state index contributed by atoms with van der Waals surface area (Å²) in [6.45, 7) is 10.0. The van der Waals surface area contributed by atoms with Crippen LogP contribution in [0.5, 0.6) is 0 Å². The number of hydrogen-bond acceptors (Lipinski definition) is 4. The number of rotatable bonds is 5. The van der Waals surface area contributed by atoms with Crippen molar-refractivity contribution in [2.75, 3.05) is 6.54 Å². The molecule has 96 valence electrons. The first-order valence-corrected chi connectivity index (χ1v) is 5.69. The van der Waals surface area contributed by atoms with Crippen molar-refractivity contribution in [1.82, 2.24) is 14.9 Å². The zero-order chi connectivity index (χ0) is 13.1. The number of hydrogen-bond donors (Lipinski definition) is 1. The summed E-state index contributed by atoms with van der Waals surface area (Å²) in [5, 5.41) is 13.9. The van der Waals surface area contributed by atoms with E-state index in [9.17, 15) is 10.1 Å². The maximum Gasteiger partial charge on any atom is 0.381 e. The van der Waals surface area contributed by atoms with Crippen molar-refractivity contribution in [3.8, 4) is 0 Å². The molecule has 17 heavy (non-hydrogen) atoms. The molecule has 6 heteroatoms. The minimum absolute atomic E-state index is 0.0925. The van der Waals surface area contributed by atoms with Gasteiger partial charge in [-0.1, -0.05) is 6.92 Å². The fourth-order valence-corrected chi connectivity index (χ4v) is 1.45. The largest absolute Gasteiger partial charge is 0.381 e. The van der Waals surface area contributed by atoms with Crippen molar-refractivity contribution in [3.05, 3.63) is 22.6 Å². The van der Waals surface area contributed by atoms with Crippen molar-refractivity contribution < 1.29 is 4.92 Å². The average Bonchev–Trinajstić information content (AvgIpc) is 2.62. The van der Waals surface area contributed by atoms with Gasteiger partial charge in [0.15, 0.2) is 0 Å². The van der Waals surface area contributed by atoms with Crippen LogP contribution in [0.1, 0.15) is 27.7 Å². The van der Waals surface area contributed by atoms with E-state index in [1.54, 1.807) is 4.57 Å². The van der Waals surface area contributed by atoms with Crippen LogP contribution >= 0.6 is 0 Å². The summed E-state index contributed by atoms with van der Waals surface area (Å²) < 4.78 is 1.76. The first-order valence-electron chi connectivity index (χ1n) is 5.69. The Hall–Kier alpha value is -1.43. The summed E-state index contributed by atoms with van der Waals surface area (Å²) in [6, 6.07) is 0. The first-order chi connectivity index (χ1) is 7.78. The molecule has 0 saturated carbocycles. The summed E-state index contributed by atoms with van der Waals surface area (Å²) in [7, 11) is 0. The fraction of sp³-hybridized carbons (Fsp3) is 0.727. The monoisotopic (exact) mass is 240 g/mol. The van der Waals surface area contributed by atoms with Gasteiger partial charge >= 0.3 is 5.82 Å². The van der Waals surface area contributed by atoms with Gasteiger partial charge in [0.1, 0.15) is 6.20 Å². The lowest BCUT2D eigenvalue weighted by atomic mass is 10.1. The van der Waals surface area contributed by atoms with Gasteiger partial charge in [0.2, 0.25) is 6.33 Å². The van der Waals surface area contributed by atoms with E-state index >= 15 is 0 Å². The van der Waals surface area contributed by atoms with Gasteiger partial charge in [-0.25, -0.2) is 0 Å². The normalized spacial score (nSPS) is 13.6. The molecule has 0 spiro atoms. The highest BCUT2D eigenvalue weighted by atomic mass is 16.6. The predicted octanol–water partition coefficient (Wildman–Crippen LogP) is 1.82. The maximum atomic E-state index is 10.5. The highest BCUT2D eigenvalue weighted by molar-refractivity contribution is 5.12. The Morgan fingerprint density at radius 1 is 1.59 bits per heavy atom. The van der Waals surface area contributed by atoms with E-state index in [0.717, 1.165) is 13.1 Å². The Morgan fingerprint density at radius 3 is 2.71 bits per heavy atom. The maximum absolute atomic E-state index is 10.5. The van der Waals surface area contributed by atoms with E-state index in [0.29, 0.717) is 5.92 Å². The van der Waals surface area contributed by atoms with Gasteiger partial charge < -0.3 is 20.0 Å². The van der Waals surface area contributed by atoms with E-state index in [2.05, 4.69) is 38.0 Å². The molecular weight excluding hydrogens is 220 g/mol. The molecule has 0 aliphatic rings. The van der Waals surface area contributed by atoms with Crippen LogP contribution in [0.3, 0.4) is 0 Å². The van der Waals surface area contributed by atoms with Gasteiger partial charge in [-0.15, -0.1) is 0 Å². The summed E-state index contributed by atoms with van der Waals surface area (Å²) in [5.74, 6) is 0.295. The van der Waals surface area contributed by atoms with Gasteiger partial charge in [0.25, 0.3) is 0 Å². The van der Waals surface area contributed by atoms with Gasteiger partial charge in [0, 0.05) is 12.1 Å². The second-order valence-corrected chi connectivity index (χ2v) is 5.42. The second kappa shape index (κ2) is 5.27. The summed E-state index contributed by atoms with van der Waals surface area (Å²) in [4.78, 5) is 13.7. The Bertz CT molecular complexity index is 381. The average molecular weight is 240 g/mol. The number of nitrogens with one attached hydrogen (secondary N) is 1. The second-order valence-electron chi connectivity index (χ2n) is 5.42. The predicted molar refractivity (Wildman–Crippen MR) is 65.8 cm³/mol. The quantitative estimate of drug-likeness (QED) is 0.629. The molecule has 1 N–H and O–H groups in total. The lowest BCUT2D eigenvalue weighted by Crippen LogP contribution is -2.39. The van der Waals surface area contributed by atoms with Crippen LogP contribution in [0.25, 0.3) is 0 Å². The van der Waals surface area contributed by atoms with Crippen molar-refractivity contribution in [1.29, 1.82) is 0 Å². The third-order valence-corrected chi connectivity index (χ3v) is 2.31. The van der Waals surface area contributed by atoms with E-state index in [1.807, 2.05) is 0 Å². The topological polar surface area (TPSA) is 73.0 Å². The van der Waals surface area contributed by atoms with Gasteiger partial charge in [-0.05, 0) is 43.1 Å². The van der Waals surface area contributed by atoms with Gasteiger partial charge in [-0.3, -0.25) is 0 Å². The molecule has 0 aliphatic carbocycles. The van der Waals surface area contributed by atoms with Gasteiger partial charge in [-0.2, -0.15) is 0 Å². The number of aromatic nitrogens is 2. The third kappa shape index (κ3) is 4.95. The smallest absolute Gasteiger partial charge is 0.358 e. The molecule has 0 radical (unpaired) electrons. The molecule has 0 saturated heterocycles. The number of nitro groups is 1. The lowest BCUT2D eigenvalue weighted by molar-refractivity contribution is -0.389. The van der Waals surface area contributed by atoms with E-state index in [-0.39, 0.29) is 11.4 Å². The molecule has 1 atom stereocenters. The Morgan fingerprint density at radius 2 is 2.24 bits per heavy atom. The highest BCUT2D eigenvalue weighted by Crippen LogP contribution is 2.09. The summed E-state index contributed by atoms with van der Waals surface area (Å²) in [6.07, 6.45) is 2.97. The van der Waals surface area contributed by atoms with Crippen LogP contribution in [0, 0.1) is 16.0 Å². The van der Waals surface area contributed by atoms with Crippen LogP contribution in [0.2, 0.25) is 0 Å². The molecule has 1 aromatic rings. The highest BCUT2D eigenvalue weighted by Gasteiger charge is 2.14. The van der Waals surface area contributed by atoms with Crippen molar-refractivity contribution in [2.24, 2.45) is 5.92 Å². The van der Waals surface area contributed by atoms with Crippen LogP contribution in [0.4, 0.5) is 5.82 Å². The van der Waals surface area contributed by atoms with Crippen molar-refractivity contribution in [2.45, 2.75) is 39.8 Å². The molecule has 0 fully saturated rings. The minimum atomic E-state index is -0.478. The van der Waals surface area contributed by atoms with Crippen LogP contribution in [0.15, 0.2) is 12.5 Å². The van der Waals surface area contributed by atoms with Crippen LogP contribution in [-0.4, -0.2) is 26.6 Å². The zero-order valence-electron chi connectivity index (χ0n) is 10.8.